The summed E-state index contributed by atoms with van der Waals surface area (Å²) in [6.45, 7) is 2.35. The fourth-order valence-electron chi connectivity index (χ4n) is 2.79. The van der Waals surface area contributed by atoms with Crippen LogP contribution >= 0.6 is 12.4 Å². The van der Waals surface area contributed by atoms with Crippen molar-refractivity contribution < 1.29 is 9.47 Å². The summed E-state index contributed by atoms with van der Waals surface area (Å²) >= 11 is 0. The van der Waals surface area contributed by atoms with Gasteiger partial charge in [-0.2, -0.15) is 0 Å². The minimum atomic E-state index is 0. The lowest BCUT2D eigenvalue weighted by Gasteiger charge is -2.09. The summed E-state index contributed by atoms with van der Waals surface area (Å²) in [5.41, 5.74) is 2.26. The van der Waals surface area contributed by atoms with E-state index in [1.54, 1.807) is 7.11 Å². The number of hydrogen-bond acceptors (Lipinski definition) is 4. The Balaban J connectivity index is 0.00000243. The molecule has 3 rings (SSSR count). The van der Waals surface area contributed by atoms with Crippen LogP contribution in [0.5, 0.6) is 11.6 Å². The lowest BCUT2D eigenvalue weighted by molar-refractivity contribution is 0.273. The molecule has 0 bridgehead atoms. The van der Waals surface area contributed by atoms with Crippen molar-refractivity contribution in [3.05, 3.63) is 54.1 Å². The Hall–Kier alpha value is -2.24. The van der Waals surface area contributed by atoms with Gasteiger partial charge in [-0.25, -0.2) is 0 Å². The summed E-state index contributed by atoms with van der Waals surface area (Å²) in [6, 6.07) is 16.3. The summed E-state index contributed by atoms with van der Waals surface area (Å²) in [7, 11) is 5.80. The van der Waals surface area contributed by atoms with E-state index in [1.165, 1.54) is 5.56 Å². The van der Waals surface area contributed by atoms with Gasteiger partial charge in [0.2, 0.25) is 5.88 Å². The van der Waals surface area contributed by atoms with Crippen LogP contribution in [0.25, 0.3) is 10.9 Å². The van der Waals surface area contributed by atoms with Crippen LogP contribution in [0.4, 0.5) is 0 Å². The number of halogens is 1. The monoisotopic (exact) mass is 375 g/mol. The molecule has 2 aromatic carbocycles. The van der Waals surface area contributed by atoms with Crippen molar-refractivity contribution in [2.45, 2.75) is 13.0 Å². The van der Waals surface area contributed by atoms with Crippen molar-refractivity contribution in [2.75, 3.05) is 34.4 Å². The van der Waals surface area contributed by atoms with Crippen LogP contribution in [0.3, 0.4) is 0 Å². The number of hydrogen-bond donors (Lipinski definition) is 0. The molecule has 0 amide bonds. The highest BCUT2D eigenvalue weighted by molar-refractivity contribution is 5.86. The lowest BCUT2D eigenvalue weighted by atomic mass is 10.2. The molecule has 0 atom stereocenters. The number of aromatic nitrogens is 2. The maximum atomic E-state index is 5.97. The Morgan fingerprint density at radius 1 is 1.08 bits per heavy atom. The van der Waals surface area contributed by atoms with E-state index in [0.717, 1.165) is 29.6 Å². The minimum Gasteiger partial charge on any atom is -0.497 e. The fraction of sp³-hybridized carbons (Fsp3) is 0.350. The number of ether oxygens (including phenoxy) is 2. The van der Waals surface area contributed by atoms with Gasteiger partial charge in [0.05, 0.1) is 31.2 Å². The molecule has 0 aliphatic rings. The standard InChI is InChI=1S/C20H25N3O2.ClH/c1-22(2)12-7-13-25-20-18-14-17(24-3)10-11-19(18)23(21-20)15-16-8-5-4-6-9-16;/h4-6,8-11,14H,7,12-13,15H2,1-3H3;1H. The van der Waals surface area contributed by atoms with Gasteiger partial charge in [0.15, 0.2) is 0 Å². The van der Waals surface area contributed by atoms with Gasteiger partial charge in [0.1, 0.15) is 5.75 Å². The number of benzene rings is 2. The van der Waals surface area contributed by atoms with Gasteiger partial charge >= 0.3 is 0 Å². The number of nitrogens with zero attached hydrogens (tertiary/aromatic N) is 3. The predicted octanol–water partition coefficient (Wildman–Crippen LogP) is 3.85. The molecule has 0 radical (unpaired) electrons. The van der Waals surface area contributed by atoms with Crippen LogP contribution in [0.2, 0.25) is 0 Å². The fourth-order valence-corrected chi connectivity index (χ4v) is 2.79. The Bertz CT molecular complexity index is 819. The van der Waals surface area contributed by atoms with Crippen molar-refractivity contribution in [3.63, 3.8) is 0 Å². The molecule has 0 unspecified atom stereocenters. The van der Waals surface area contributed by atoms with Gasteiger partial charge in [0, 0.05) is 6.54 Å². The first-order chi connectivity index (χ1) is 12.2. The lowest BCUT2D eigenvalue weighted by Crippen LogP contribution is -2.15. The van der Waals surface area contributed by atoms with E-state index >= 15 is 0 Å². The van der Waals surface area contributed by atoms with Crippen molar-refractivity contribution in [1.29, 1.82) is 0 Å². The van der Waals surface area contributed by atoms with Crippen LogP contribution in [0.15, 0.2) is 48.5 Å². The van der Waals surface area contributed by atoms with E-state index in [1.807, 2.05) is 41.1 Å². The molecule has 0 saturated carbocycles. The average Bonchev–Trinajstić information content (AvgIpc) is 2.96. The Kier molecular flexibility index (Phi) is 7.30. The van der Waals surface area contributed by atoms with E-state index in [9.17, 15) is 0 Å². The average molecular weight is 376 g/mol. The van der Waals surface area contributed by atoms with Crippen molar-refractivity contribution in [3.8, 4) is 11.6 Å². The molecule has 6 heteroatoms. The normalized spacial score (nSPS) is 10.8. The highest BCUT2D eigenvalue weighted by atomic mass is 35.5. The van der Waals surface area contributed by atoms with Crippen molar-refractivity contribution >= 4 is 23.3 Å². The molecule has 140 valence electrons. The zero-order chi connectivity index (χ0) is 17.6. The van der Waals surface area contributed by atoms with E-state index in [4.69, 9.17) is 14.6 Å². The topological polar surface area (TPSA) is 39.5 Å². The Labute approximate surface area is 160 Å². The predicted molar refractivity (Wildman–Crippen MR) is 108 cm³/mol. The number of fused-ring (bicyclic) bond motifs is 1. The molecule has 0 saturated heterocycles. The largest absolute Gasteiger partial charge is 0.497 e. The first-order valence-corrected chi connectivity index (χ1v) is 8.53. The quantitative estimate of drug-likeness (QED) is 0.561. The molecule has 26 heavy (non-hydrogen) atoms. The third kappa shape index (κ3) is 4.90. The second kappa shape index (κ2) is 9.46. The van der Waals surface area contributed by atoms with E-state index < -0.39 is 0 Å². The first-order valence-electron chi connectivity index (χ1n) is 8.53. The molecule has 0 fully saturated rings. The molecule has 3 aromatic rings. The van der Waals surface area contributed by atoms with Gasteiger partial charge in [-0.1, -0.05) is 30.3 Å². The Morgan fingerprint density at radius 3 is 2.54 bits per heavy atom. The molecule has 0 N–H and O–H groups in total. The van der Waals surface area contributed by atoms with Crippen LogP contribution in [-0.4, -0.2) is 49.0 Å². The molecular formula is C20H26ClN3O2. The SMILES string of the molecule is COc1ccc2c(c1)c(OCCCN(C)C)nn2Cc1ccccc1.Cl. The third-order valence-electron chi connectivity index (χ3n) is 4.09. The molecule has 1 aromatic heterocycles. The van der Waals surface area contributed by atoms with Crippen molar-refractivity contribution in [2.24, 2.45) is 0 Å². The summed E-state index contributed by atoms with van der Waals surface area (Å²) in [5, 5.41) is 5.69. The highest BCUT2D eigenvalue weighted by Crippen LogP contribution is 2.29. The summed E-state index contributed by atoms with van der Waals surface area (Å²) in [5.74, 6) is 1.48. The molecule has 0 aliphatic carbocycles. The summed E-state index contributed by atoms with van der Waals surface area (Å²) in [6.07, 6.45) is 0.962. The molecular weight excluding hydrogens is 350 g/mol. The maximum absolute atomic E-state index is 5.97. The van der Waals surface area contributed by atoms with Gasteiger partial charge in [-0.05, 0) is 44.3 Å². The zero-order valence-electron chi connectivity index (χ0n) is 15.5. The van der Waals surface area contributed by atoms with Crippen LogP contribution < -0.4 is 9.47 Å². The summed E-state index contributed by atoms with van der Waals surface area (Å²) < 4.78 is 13.3. The number of rotatable bonds is 8. The molecule has 0 spiro atoms. The van der Waals surface area contributed by atoms with Gasteiger partial charge in [-0.15, -0.1) is 17.5 Å². The summed E-state index contributed by atoms with van der Waals surface area (Å²) in [4.78, 5) is 2.15. The van der Waals surface area contributed by atoms with Crippen LogP contribution in [0, 0.1) is 0 Å². The third-order valence-corrected chi connectivity index (χ3v) is 4.09. The maximum Gasteiger partial charge on any atom is 0.240 e. The Morgan fingerprint density at radius 2 is 1.85 bits per heavy atom. The second-order valence-electron chi connectivity index (χ2n) is 6.34. The van der Waals surface area contributed by atoms with Gasteiger partial charge in [-0.3, -0.25) is 4.68 Å². The molecule has 5 nitrogen and oxygen atoms in total. The van der Waals surface area contributed by atoms with Crippen LogP contribution in [-0.2, 0) is 6.54 Å². The van der Waals surface area contributed by atoms with Crippen molar-refractivity contribution in [1.82, 2.24) is 14.7 Å². The van der Waals surface area contributed by atoms with Crippen LogP contribution in [0.1, 0.15) is 12.0 Å². The smallest absolute Gasteiger partial charge is 0.240 e. The number of methoxy groups -OCH3 is 1. The van der Waals surface area contributed by atoms with E-state index in [2.05, 4.69) is 31.1 Å². The molecule has 1 heterocycles. The highest BCUT2D eigenvalue weighted by Gasteiger charge is 2.13. The first kappa shape index (κ1) is 20.1. The van der Waals surface area contributed by atoms with E-state index in [-0.39, 0.29) is 12.4 Å². The van der Waals surface area contributed by atoms with E-state index in [0.29, 0.717) is 19.0 Å². The zero-order valence-corrected chi connectivity index (χ0v) is 16.3. The van der Waals surface area contributed by atoms with Gasteiger partial charge < -0.3 is 14.4 Å². The van der Waals surface area contributed by atoms with Gasteiger partial charge in [0.25, 0.3) is 0 Å². The second-order valence-corrected chi connectivity index (χ2v) is 6.34. The minimum absolute atomic E-state index is 0. The molecule has 0 aliphatic heterocycles.